The summed E-state index contributed by atoms with van der Waals surface area (Å²) < 4.78 is 6.01. The van der Waals surface area contributed by atoms with E-state index in [0.29, 0.717) is 17.4 Å². The maximum Gasteiger partial charge on any atom is 0.215 e. The summed E-state index contributed by atoms with van der Waals surface area (Å²) in [6.45, 7) is 2.27. The molecule has 2 atom stereocenters. The molecular formula is C17H18N2O. The SMILES string of the molecule is CC1CCCC(Oc2cc(C#N)c3ccccc3n2)C1. The molecule has 2 unspecified atom stereocenters. The second kappa shape index (κ2) is 5.50. The van der Waals surface area contributed by atoms with E-state index in [1.54, 1.807) is 6.07 Å². The van der Waals surface area contributed by atoms with Crippen LogP contribution in [0.15, 0.2) is 30.3 Å². The highest BCUT2D eigenvalue weighted by molar-refractivity contribution is 5.85. The Labute approximate surface area is 119 Å². The van der Waals surface area contributed by atoms with E-state index in [9.17, 15) is 5.26 Å². The third-order valence-electron chi connectivity index (χ3n) is 3.99. The smallest absolute Gasteiger partial charge is 0.215 e. The summed E-state index contributed by atoms with van der Waals surface area (Å²) in [5, 5.41) is 10.2. The zero-order chi connectivity index (χ0) is 13.9. The molecule has 0 amide bonds. The molecule has 20 heavy (non-hydrogen) atoms. The van der Waals surface area contributed by atoms with Crippen LogP contribution in [0.2, 0.25) is 0 Å². The number of rotatable bonds is 2. The van der Waals surface area contributed by atoms with Crippen LogP contribution in [0, 0.1) is 17.2 Å². The molecule has 0 saturated heterocycles. The summed E-state index contributed by atoms with van der Waals surface area (Å²) in [4.78, 5) is 4.53. The molecule has 1 saturated carbocycles. The standard InChI is InChI=1S/C17H18N2O/c1-12-5-4-6-14(9-12)20-17-10-13(11-18)15-7-2-3-8-16(15)19-17/h2-3,7-8,10,12,14H,4-6,9H2,1H3. The lowest BCUT2D eigenvalue weighted by molar-refractivity contribution is 0.124. The summed E-state index contributed by atoms with van der Waals surface area (Å²) in [6, 6.07) is 11.7. The highest BCUT2D eigenvalue weighted by atomic mass is 16.5. The normalized spacial score (nSPS) is 22.4. The summed E-state index contributed by atoms with van der Waals surface area (Å²) in [5.41, 5.74) is 1.46. The van der Waals surface area contributed by atoms with Crippen molar-refractivity contribution >= 4 is 10.9 Å². The summed E-state index contributed by atoms with van der Waals surface area (Å²) in [7, 11) is 0. The van der Waals surface area contributed by atoms with Gasteiger partial charge in [0.1, 0.15) is 12.2 Å². The van der Waals surface area contributed by atoms with E-state index in [4.69, 9.17) is 4.74 Å². The van der Waals surface area contributed by atoms with Gasteiger partial charge in [-0.2, -0.15) is 5.26 Å². The van der Waals surface area contributed by atoms with E-state index in [2.05, 4.69) is 18.0 Å². The predicted octanol–water partition coefficient (Wildman–Crippen LogP) is 4.06. The number of aromatic nitrogens is 1. The van der Waals surface area contributed by atoms with Gasteiger partial charge in [-0.05, 0) is 31.2 Å². The van der Waals surface area contributed by atoms with Gasteiger partial charge in [0.2, 0.25) is 5.88 Å². The third kappa shape index (κ3) is 2.60. The minimum Gasteiger partial charge on any atom is -0.474 e. The van der Waals surface area contributed by atoms with Crippen LogP contribution in [0.25, 0.3) is 10.9 Å². The molecule has 1 fully saturated rings. The Morgan fingerprint density at radius 3 is 2.95 bits per heavy atom. The van der Waals surface area contributed by atoms with Gasteiger partial charge < -0.3 is 4.74 Å². The molecule has 0 bridgehead atoms. The third-order valence-corrected chi connectivity index (χ3v) is 3.99. The summed E-state index contributed by atoms with van der Waals surface area (Å²) >= 11 is 0. The van der Waals surface area contributed by atoms with E-state index >= 15 is 0 Å². The molecule has 0 aliphatic heterocycles. The van der Waals surface area contributed by atoms with E-state index in [1.165, 1.54) is 12.8 Å². The second-order valence-electron chi connectivity index (χ2n) is 5.65. The van der Waals surface area contributed by atoms with Crippen molar-refractivity contribution in [2.75, 3.05) is 0 Å². The lowest BCUT2D eigenvalue weighted by Gasteiger charge is -2.27. The van der Waals surface area contributed by atoms with Crippen LogP contribution >= 0.6 is 0 Å². The van der Waals surface area contributed by atoms with Crippen LogP contribution in [-0.4, -0.2) is 11.1 Å². The fourth-order valence-corrected chi connectivity index (χ4v) is 2.96. The number of nitrogens with zero attached hydrogens (tertiary/aromatic N) is 2. The number of pyridine rings is 1. The molecule has 102 valence electrons. The number of para-hydroxylation sites is 1. The fraction of sp³-hybridized carbons (Fsp3) is 0.412. The Kier molecular flexibility index (Phi) is 3.56. The highest BCUT2D eigenvalue weighted by Gasteiger charge is 2.21. The number of ether oxygens (including phenoxy) is 1. The first kappa shape index (κ1) is 12.9. The van der Waals surface area contributed by atoms with Crippen molar-refractivity contribution < 1.29 is 4.74 Å². The first-order chi connectivity index (χ1) is 9.76. The lowest BCUT2D eigenvalue weighted by atomic mass is 9.89. The number of hydrogen-bond donors (Lipinski definition) is 0. The average molecular weight is 266 g/mol. The van der Waals surface area contributed by atoms with Gasteiger partial charge in [0.15, 0.2) is 0 Å². The Balaban J connectivity index is 1.90. The van der Waals surface area contributed by atoms with Crippen LogP contribution in [0.1, 0.15) is 38.2 Å². The van der Waals surface area contributed by atoms with Crippen molar-refractivity contribution in [1.29, 1.82) is 5.26 Å². The van der Waals surface area contributed by atoms with Crippen LogP contribution in [0.4, 0.5) is 0 Å². The molecule has 3 nitrogen and oxygen atoms in total. The predicted molar refractivity (Wildman–Crippen MR) is 78.5 cm³/mol. The van der Waals surface area contributed by atoms with E-state index in [1.807, 2.05) is 24.3 Å². The van der Waals surface area contributed by atoms with Crippen molar-refractivity contribution in [3.63, 3.8) is 0 Å². The maximum atomic E-state index is 9.27. The minimum absolute atomic E-state index is 0.235. The zero-order valence-corrected chi connectivity index (χ0v) is 11.7. The number of benzene rings is 1. The fourth-order valence-electron chi connectivity index (χ4n) is 2.96. The molecule has 1 aliphatic rings. The van der Waals surface area contributed by atoms with Crippen LogP contribution in [0.5, 0.6) is 5.88 Å². The highest BCUT2D eigenvalue weighted by Crippen LogP contribution is 2.28. The van der Waals surface area contributed by atoms with Gasteiger partial charge in [-0.15, -0.1) is 0 Å². The van der Waals surface area contributed by atoms with Gasteiger partial charge in [-0.25, -0.2) is 4.98 Å². The largest absolute Gasteiger partial charge is 0.474 e. The monoisotopic (exact) mass is 266 g/mol. The Bertz CT molecular complexity index is 660. The Morgan fingerprint density at radius 1 is 1.30 bits per heavy atom. The second-order valence-corrected chi connectivity index (χ2v) is 5.65. The maximum absolute atomic E-state index is 9.27. The van der Waals surface area contributed by atoms with Gasteiger partial charge >= 0.3 is 0 Å². The van der Waals surface area contributed by atoms with Gasteiger partial charge in [-0.1, -0.05) is 31.5 Å². The molecule has 3 rings (SSSR count). The van der Waals surface area contributed by atoms with Gasteiger partial charge in [0, 0.05) is 11.5 Å². The van der Waals surface area contributed by atoms with Crippen molar-refractivity contribution in [1.82, 2.24) is 4.98 Å². The first-order valence-electron chi connectivity index (χ1n) is 7.23. The molecule has 3 heteroatoms. The molecule has 0 radical (unpaired) electrons. The number of hydrogen-bond acceptors (Lipinski definition) is 3. The van der Waals surface area contributed by atoms with Crippen LogP contribution in [0.3, 0.4) is 0 Å². The van der Waals surface area contributed by atoms with E-state index < -0.39 is 0 Å². The molecule has 1 aliphatic carbocycles. The number of fused-ring (bicyclic) bond motifs is 1. The van der Waals surface area contributed by atoms with Crippen LogP contribution < -0.4 is 4.74 Å². The molecule has 1 heterocycles. The Morgan fingerprint density at radius 2 is 2.15 bits per heavy atom. The van der Waals surface area contributed by atoms with Crippen molar-refractivity contribution in [2.45, 2.75) is 38.7 Å². The minimum atomic E-state index is 0.235. The van der Waals surface area contributed by atoms with E-state index in [0.717, 1.165) is 23.7 Å². The molecule has 0 spiro atoms. The van der Waals surface area contributed by atoms with Crippen LogP contribution in [-0.2, 0) is 0 Å². The summed E-state index contributed by atoms with van der Waals surface area (Å²) in [6.07, 6.45) is 4.90. The van der Waals surface area contributed by atoms with Crippen molar-refractivity contribution in [3.8, 4) is 11.9 Å². The molecular weight excluding hydrogens is 248 g/mol. The lowest BCUT2D eigenvalue weighted by Crippen LogP contribution is -2.24. The molecule has 0 N–H and O–H groups in total. The van der Waals surface area contributed by atoms with Gasteiger partial charge in [-0.3, -0.25) is 0 Å². The van der Waals surface area contributed by atoms with Gasteiger partial charge in [0.25, 0.3) is 0 Å². The quantitative estimate of drug-likeness (QED) is 0.823. The number of nitriles is 1. The molecule has 1 aromatic heterocycles. The Hall–Kier alpha value is -2.08. The molecule has 2 aromatic rings. The topological polar surface area (TPSA) is 45.9 Å². The van der Waals surface area contributed by atoms with Crippen molar-refractivity contribution in [3.05, 3.63) is 35.9 Å². The zero-order valence-electron chi connectivity index (χ0n) is 11.7. The molecule has 1 aromatic carbocycles. The average Bonchev–Trinajstić information content (AvgIpc) is 2.46. The summed E-state index contributed by atoms with van der Waals surface area (Å²) in [5.74, 6) is 1.30. The first-order valence-corrected chi connectivity index (χ1v) is 7.23. The van der Waals surface area contributed by atoms with Gasteiger partial charge in [0.05, 0.1) is 11.1 Å². The van der Waals surface area contributed by atoms with E-state index in [-0.39, 0.29) is 6.10 Å². The van der Waals surface area contributed by atoms with Crippen molar-refractivity contribution in [2.24, 2.45) is 5.92 Å².